The maximum absolute atomic E-state index is 5.92. The summed E-state index contributed by atoms with van der Waals surface area (Å²) in [4.78, 5) is 4.18. The minimum Gasteiger partial charge on any atom is -0.439 e. The number of aryl methyl sites for hydroxylation is 1. The van der Waals surface area contributed by atoms with Gasteiger partial charge in [-0.3, -0.25) is 0 Å². The molecule has 0 amide bonds. The van der Waals surface area contributed by atoms with Crippen LogP contribution in [0.25, 0.3) is 0 Å². The van der Waals surface area contributed by atoms with E-state index >= 15 is 0 Å². The van der Waals surface area contributed by atoms with E-state index in [9.17, 15) is 0 Å². The van der Waals surface area contributed by atoms with Crippen LogP contribution in [-0.4, -0.2) is 4.98 Å². The van der Waals surface area contributed by atoms with Crippen LogP contribution in [0, 0.1) is 0 Å². The first-order valence-electron chi connectivity index (χ1n) is 6.84. The topological polar surface area (TPSA) is 22.1 Å². The van der Waals surface area contributed by atoms with E-state index in [0.717, 1.165) is 12.2 Å². The van der Waals surface area contributed by atoms with Crippen LogP contribution in [0.3, 0.4) is 0 Å². The Bertz CT molecular complexity index is 602. The van der Waals surface area contributed by atoms with Crippen molar-refractivity contribution in [3.8, 4) is 11.6 Å². The number of aromatic nitrogens is 1. The second-order valence-electron chi connectivity index (χ2n) is 5.83. The van der Waals surface area contributed by atoms with Crippen LogP contribution in [-0.2, 0) is 11.8 Å². The fraction of sp³-hybridized carbons (Fsp3) is 0.353. The first-order chi connectivity index (χ1) is 9.40. The molecule has 1 heterocycles. The number of hydrogen-bond acceptors (Lipinski definition) is 2. The lowest BCUT2D eigenvalue weighted by atomic mass is 9.85. The Morgan fingerprint density at radius 1 is 1.15 bits per heavy atom. The molecule has 0 fully saturated rings. The second-order valence-corrected chi connectivity index (χ2v) is 6.22. The standard InChI is InChI=1S/C17H20ClNO/c1-5-12-9-10-14(13(11-12)17(2,3)4)20-16-8-6-7-15(18)19-16/h6-11H,5H2,1-4H3. The largest absolute Gasteiger partial charge is 0.439 e. The molecule has 3 heteroatoms. The summed E-state index contributed by atoms with van der Waals surface area (Å²) < 4.78 is 5.92. The summed E-state index contributed by atoms with van der Waals surface area (Å²) >= 11 is 5.90. The third-order valence-corrected chi connectivity index (χ3v) is 3.37. The van der Waals surface area contributed by atoms with Gasteiger partial charge < -0.3 is 4.74 Å². The molecule has 0 aliphatic heterocycles. The van der Waals surface area contributed by atoms with Crippen LogP contribution >= 0.6 is 11.6 Å². The van der Waals surface area contributed by atoms with Gasteiger partial charge in [0.05, 0.1) is 0 Å². The van der Waals surface area contributed by atoms with Crippen LogP contribution < -0.4 is 4.74 Å². The normalized spacial score (nSPS) is 11.4. The van der Waals surface area contributed by atoms with Gasteiger partial charge in [0.1, 0.15) is 10.9 Å². The van der Waals surface area contributed by atoms with E-state index in [1.165, 1.54) is 11.1 Å². The molecule has 0 bridgehead atoms. The molecule has 0 atom stereocenters. The average molecular weight is 290 g/mol. The van der Waals surface area contributed by atoms with Crippen LogP contribution in [0.5, 0.6) is 11.6 Å². The van der Waals surface area contributed by atoms with Crippen molar-refractivity contribution in [3.63, 3.8) is 0 Å². The number of ether oxygens (including phenoxy) is 1. The van der Waals surface area contributed by atoms with Crippen LogP contribution in [0.2, 0.25) is 5.15 Å². The summed E-state index contributed by atoms with van der Waals surface area (Å²) in [6, 6.07) is 11.7. The van der Waals surface area contributed by atoms with Gasteiger partial charge >= 0.3 is 0 Å². The van der Waals surface area contributed by atoms with Gasteiger partial charge in [0.15, 0.2) is 0 Å². The van der Waals surface area contributed by atoms with Crippen molar-refractivity contribution >= 4 is 11.6 Å². The molecule has 0 aliphatic carbocycles. The summed E-state index contributed by atoms with van der Waals surface area (Å²) in [6.45, 7) is 8.70. The maximum atomic E-state index is 5.92. The summed E-state index contributed by atoms with van der Waals surface area (Å²) in [5.74, 6) is 1.36. The van der Waals surface area contributed by atoms with E-state index in [4.69, 9.17) is 16.3 Å². The average Bonchev–Trinajstić information content (AvgIpc) is 2.38. The molecular weight excluding hydrogens is 270 g/mol. The third-order valence-electron chi connectivity index (χ3n) is 3.16. The zero-order chi connectivity index (χ0) is 14.8. The van der Waals surface area contributed by atoms with Gasteiger partial charge in [-0.15, -0.1) is 0 Å². The van der Waals surface area contributed by atoms with Gasteiger partial charge in [-0.1, -0.05) is 57.5 Å². The van der Waals surface area contributed by atoms with Gasteiger partial charge in [0.2, 0.25) is 5.88 Å². The maximum Gasteiger partial charge on any atom is 0.220 e. The summed E-state index contributed by atoms with van der Waals surface area (Å²) in [6.07, 6.45) is 1.01. The highest BCUT2D eigenvalue weighted by molar-refractivity contribution is 6.29. The Labute approximate surface area is 125 Å². The first-order valence-corrected chi connectivity index (χ1v) is 7.22. The summed E-state index contributed by atoms with van der Waals surface area (Å²) in [5, 5.41) is 0.435. The van der Waals surface area contributed by atoms with E-state index in [-0.39, 0.29) is 5.41 Å². The predicted octanol–water partition coefficient (Wildman–Crippen LogP) is 5.39. The highest BCUT2D eigenvalue weighted by Crippen LogP contribution is 2.34. The molecule has 0 N–H and O–H groups in total. The number of rotatable bonds is 3. The van der Waals surface area contributed by atoms with Crippen molar-refractivity contribution in [3.05, 3.63) is 52.7 Å². The van der Waals surface area contributed by atoms with E-state index in [2.05, 4.69) is 44.8 Å². The number of hydrogen-bond donors (Lipinski definition) is 0. The monoisotopic (exact) mass is 289 g/mol. The molecule has 0 aliphatic rings. The van der Waals surface area contributed by atoms with E-state index in [1.807, 2.05) is 18.2 Å². The zero-order valence-electron chi connectivity index (χ0n) is 12.4. The molecular formula is C17H20ClNO. The van der Waals surface area contributed by atoms with E-state index < -0.39 is 0 Å². The van der Waals surface area contributed by atoms with Crippen molar-refractivity contribution in [2.75, 3.05) is 0 Å². The minimum atomic E-state index is 0.0130. The van der Waals surface area contributed by atoms with Gasteiger partial charge in [-0.2, -0.15) is 0 Å². The quantitative estimate of drug-likeness (QED) is 0.707. The molecule has 20 heavy (non-hydrogen) atoms. The number of benzene rings is 1. The molecule has 2 nitrogen and oxygen atoms in total. The Morgan fingerprint density at radius 2 is 1.90 bits per heavy atom. The first kappa shape index (κ1) is 14.9. The van der Waals surface area contributed by atoms with Crippen molar-refractivity contribution in [1.82, 2.24) is 4.98 Å². The van der Waals surface area contributed by atoms with Crippen LogP contribution in [0.1, 0.15) is 38.8 Å². The Balaban J connectivity index is 2.41. The number of halogens is 1. The van der Waals surface area contributed by atoms with Crippen molar-refractivity contribution < 1.29 is 4.74 Å². The molecule has 0 spiro atoms. The lowest BCUT2D eigenvalue weighted by Gasteiger charge is -2.23. The highest BCUT2D eigenvalue weighted by atomic mass is 35.5. The Hall–Kier alpha value is -1.54. The van der Waals surface area contributed by atoms with Gasteiger partial charge in [0, 0.05) is 11.6 Å². The minimum absolute atomic E-state index is 0.0130. The molecule has 106 valence electrons. The van der Waals surface area contributed by atoms with Gasteiger partial charge in [-0.25, -0.2) is 4.98 Å². The fourth-order valence-corrected chi connectivity index (χ4v) is 2.19. The van der Waals surface area contributed by atoms with Crippen molar-refractivity contribution in [2.24, 2.45) is 0 Å². The summed E-state index contributed by atoms with van der Waals surface area (Å²) in [5.41, 5.74) is 2.50. The molecule has 0 saturated carbocycles. The van der Waals surface area contributed by atoms with Crippen molar-refractivity contribution in [1.29, 1.82) is 0 Å². The zero-order valence-corrected chi connectivity index (χ0v) is 13.2. The highest BCUT2D eigenvalue weighted by Gasteiger charge is 2.20. The number of pyridine rings is 1. The molecule has 0 radical (unpaired) electrons. The van der Waals surface area contributed by atoms with E-state index in [0.29, 0.717) is 11.0 Å². The second kappa shape index (κ2) is 5.84. The molecule has 2 aromatic rings. The summed E-state index contributed by atoms with van der Waals surface area (Å²) in [7, 11) is 0. The molecule has 1 aromatic heterocycles. The fourth-order valence-electron chi connectivity index (χ4n) is 2.03. The molecule has 0 unspecified atom stereocenters. The van der Waals surface area contributed by atoms with Gasteiger partial charge in [0.25, 0.3) is 0 Å². The smallest absolute Gasteiger partial charge is 0.220 e. The SMILES string of the molecule is CCc1ccc(Oc2cccc(Cl)n2)c(C(C)(C)C)c1. The van der Waals surface area contributed by atoms with Crippen LogP contribution in [0.15, 0.2) is 36.4 Å². The molecule has 0 saturated heterocycles. The number of nitrogens with zero attached hydrogens (tertiary/aromatic N) is 1. The third kappa shape index (κ3) is 3.51. The molecule has 1 aromatic carbocycles. The lowest BCUT2D eigenvalue weighted by Crippen LogP contribution is -2.13. The van der Waals surface area contributed by atoms with Gasteiger partial charge in [-0.05, 0) is 29.5 Å². The predicted molar refractivity (Wildman–Crippen MR) is 83.8 cm³/mol. The van der Waals surface area contributed by atoms with Crippen molar-refractivity contribution in [2.45, 2.75) is 39.5 Å². The Kier molecular flexibility index (Phi) is 4.34. The van der Waals surface area contributed by atoms with E-state index in [1.54, 1.807) is 6.07 Å². The Morgan fingerprint density at radius 3 is 2.50 bits per heavy atom. The molecule has 2 rings (SSSR count). The van der Waals surface area contributed by atoms with Crippen LogP contribution in [0.4, 0.5) is 0 Å². The lowest BCUT2D eigenvalue weighted by molar-refractivity contribution is 0.439.